The fourth-order valence-electron chi connectivity index (χ4n) is 3.48. The van der Waals surface area contributed by atoms with Crippen LogP contribution in [0.15, 0.2) is 30.5 Å². The Kier molecular flexibility index (Phi) is 4.27. The normalized spacial score (nSPS) is 17.1. The largest absolute Gasteiger partial charge is 0.497 e. The zero-order valence-electron chi connectivity index (χ0n) is 15.8. The second-order valence-corrected chi connectivity index (χ2v) is 7.65. The average Bonchev–Trinajstić information content (AvgIpc) is 3.21. The summed E-state index contributed by atoms with van der Waals surface area (Å²) in [5.41, 5.74) is 2.33. The monoisotopic (exact) mass is 381 g/mol. The lowest BCUT2D eigenvalue weighted by atomic mass is 10.1. The maximum Gasteiger partial charge on any atom is 0.270 e. The minimum Gasteiger partial charge on any atom is -0.497 e. The molecule has 1 saturated carbocycles. The van der Waals surface area contributed by atoms with Crippen LogP contribution in [-0.4, -0.2) is 57.6 Å². The second kappa shape index (κ2) is 6.94. The van der Waals surface area contributed by atoms with E-state index in [9.17, 15) is 4.79 Å². The van der Waals surface area contributed by atoms with Gasteiger partial charge in [-0.1, -0.05) is 5.21 Å². The molecule has 146 valence electrons. The fourth-order valence-corrected chi connectivity index (χ4v) is 3.48. The molecule has 0 spiro atoms. The first-order valence-electron chi connectivity index (χ1n) is 9.64. The molecule has 0 bridgehead atoms. The van der Waals surface area contributed by atoms with Crippen molar-refractivity contribution in [3.8, 4) is 5.75 Å². The van der Waals surface area contributed by atoms with Crippen molar-refractivity contribution in [3.63, 3.8) is 0 Å². The van der Waals surface area contributed by atoms with Crippen molar-refractivity contribution in [2.75, 3.05) is 26.8 Å². The van der Waals surface area contributed by atoms with E-state index >= 15 is 0 Å². The molecule has 1 aliphatic carbocycles. The number of amides is 1. The van der Waals surface area contributed by atoms with Crippen molar-refractivity contribution in [3.05, 3.63) is 41.9 Å². The lowest BCUT2D eigenvalue weighted by Gasteiger charge is -2.38. The summed E-state index contributed by atoms with van der Waals surface area (Å²) in [6, 6.07) is 7.78. The number of nitrogens with zero attached hydrogens (tertiary/aromatic N) is 4. The van der Waals surface area contributed by atoms with Gasteiger partial charge in [0.05, 0.1) is 26.0 Å². The van der Waals surface area contributed by atoms with Gasteiger partial charge in [0.15, 0.2) is 0 Å². The summed E-state index contributed by atoms with van der Waals surface area (Å²) in [5, 5.41) is 9.37. The summed E-state index contributed by atoms with van der Waals surface area (Å²) in [7, 11) is 1.63. The van der Waals surface area contributed by atoms with Gasteiger partial charge in [0.25, 0.3) is 5.91 Å². The quantitative estimate of drug-likeness (QED) is 0.679. The average molecular weight is 381 g/mol. The van der Waals surface area contributed by atoms with Gasteiger partial charge in [-0.3, -0.25) is 4.79 Å². The molecule has 8 nitrogen and oxygen atoms in total. The zero-order valence-corrected chi connectivity index (χ0v) is 15.8. The van der Waals surface area contributed by atoms with Crippen LogP contribution in [-0.2, 0) is 11.3 Å². The summed E-state index contributed by atoms with van der Waals surface area (Å²) in [5.74, 6) is 1.51. The molecule has 3 aromatic rings. The number of rotatable bonds is 7. The predicted molar refractivity (Wildman–Crippen MR) is 102 cm³/mol. The van der Waals surface area contributed by atoms with E-state index in [1.807, 2.05) is 40.0 Å². The molecule has 2 aromatic heterocycles. The van der Waals surface area contributed by atoms with Gasteiger partial charge in [-0.05, 0) is 37.0 Å². The van der Waals surface area contributed by atoms with E-state index in [2.05, 4.69) is 15.3 Å². The molecule has 0 unspecified atom stereocenters. The van der Waals surface area contributed by atoms with Gasteiger partial charge in [-0.2, -0.15) is 0 Å². The Morgan fingerprint density at radius 3 is 2.93 bits per heavy atom. The number of carbonyl (C=O) groups is 1. The number of aromatic amines is 1. The third-order valence-corrected chi connectivity index (χ3v) is 5.44. The van der Waals surface area contributed by atoms with Crippen LogP contribution >= 0.6 is 0 Å². The predicted octanol–water partition coefficient (Wildman–Crippen LogP) is 2.39. The minimum absolute atomic E-state index is 0.000442. The molecule has 28 heavy (non-hydrogen) atoms. The van der Waals surface area contributed by atoms with Gasteiger partial charge < -0.3 is 19.4 Å². The minimum atomic E-state index is -0.000442. The first-order chi connectivity index (χ1) is 13.7. The summed E-state index contributed by atoms with van der Waals surface area (Å²) in [6.07, 6.45) is 4.49. The first-order valence-corrected chi connectivity index (χ1v) is 9.64. The smallest absolute Gasteiger partial charge is 0.270 e. The van der Waals surface area contributed by atoms with Gasteiger partial charge in [0, 0.05) is 36.7 Å². The van der Waals surface area contributed by atoms with Crippen LogP contribution in [0.3, 0.4) is 0 Å². The lowest BCUT2D eigenvalue weighted by Crippen LogP contribution is -2.51. The maximum atomic E-state index is 12.7. The molecule has 0 radical (unpaired) electrons. The van der Waals surface area contributed by atoms with E-state index in [0.717, 1.165) is 34.9 Å². The third kappa shape index (κ3) is 3.35. The van der Waals surface area contributed by atoms with Crippen molar-refractivity contribution >= 4 is 16.8 Å². The Labute approximate surface area is 162 Å². The Bertz CT molecular complexity index is 1000. The molecule has 2 aliphatic rings. The Morgan fingerprint density at radius 1 is 1.29 bits per heavy atom. The first kappa shape index (κ1) is 17.2. The van der Waals surface area contributed by atoms with Crippen LogP contribution in [0, 0.1) is 5.92 Å². The second-order valence-electron chi connectivity index (χ2n) is 7.65. The Hall–Kier alpha value is -2.87. The lowest BCUT2D eigenvalue weighted by molar-refractivity contribution is 0.0493. The van der Waals surface area contributed by atoms with E-state index in [1.165, 1.54) is 12.8 Å². The maximum absolute atomic E-state index is 12.7. The summed E-state index contributed by atoms with van der Waals surface area (Å²) in [4.78, 5) is 17.8. The standard InChI is InChI=1S/C20H23N5O3/c1-27-17-5-4-14-6-19(21-18(14)7-17)20(26)24-9-16(10-24)25-8-15(22-23-25)12-28-11-13-2-3-13/h4-8,13,16,21H,2-3,9-12H2,1H3. The van der Waals surface area contributed by atoms with Crippen molar-refractivity contribution in [2.45, 2.75) is 25.5 Å². The van der Waals surface area contributed by atoms with Gasteiger partial charge in [-0.25, -0.2) is 4.68 Å². The third-order valence-electron chi connectivity index (χ3n) is 5.44. The topological polar surface area (TPSA) is 85.3 Å². The van der Waals surface area contributed by atoms with Crippen LogP contribution in [0.25, 0.3) is 10.9 Å². The molecule has 3 heterocycles. The number of ether oxygens (including phenoxy) is 2. The Balaban J connectivity index is 1.18. The molecule has 8 heteroatoms. The number of benzene rings is 1. The van der Waals surface area contributed by atoms with Crippen LogP contribution in [0.1, 0.15) is 35.1 Å². The van der Waals surface area contributed by atoms with Gasteiger partial charge in [-0.15, -0.1) is 5.10 Å². The van der Waals surface area contributed by atoms with Crippen LogP contribution < -0.4 is 4.74 Å². The van der Waals surface area contributed by atoms with Gasteiger partial charge >= 0.3 is 0 Å². The highest BCUT2D eigenvalue weighted by Crippen LogP contribution is 2.29. The highest BCUT2D eigenvalue weighted by Gasteiger charge is 2.34. The molecule has 1 aromatic carbocycles. The van der Waals surface area contributed by atoms with E-state index in [4.69, 9.17) is 9.47 Å². The van der Waals surface area contributed by atoms with Crippen LogP contribution in [0.2, 0.25) is 0 Å². The molecule has 1 saturated heterocycles. The SMILES string of the molecule is COc1ccc2cc(C(=O)N3CC(n4cc(COCC5CC5)nn4)C3)[nH]c2c1. The molecular formula is C20H23N5O3. The number of aromatic nitrogens is 4. The van der Waals surface area contributed by atoms with Crippen molar-refractivity contribution in [2.24, 2.45) is 5.92 Å². The van der Waals surface area contributed by atoms with Gasteiger partial charge in [0.1, 0.15) is 17.1 Å². The van der Waals surface area contributed by atoms with E-state index in [1.54, 1.807) is 7.11 Å². The number of H-pyrrole nitrogens is 1. The molecule has 0 atom stereocenters. The number of hydrogen-bond acceptors (Lipinski definition) is 5. The number of fused-ring (bicyclic) bond motifs is 1. The molecule has 5 rings (SSSR count). The van der Waals surface area contributed by atoms with Crippen molar-refractivity contribution in [1.29, 1.82) is 0 Å². The summed E-state index contributed by atoms with van der Waals surface area (Å²) < 4.78 is 12.7. The van der Waals surface area contributed by atoms with Gasteiger partial charge in [0.2, 0.25) is 0 Å². The van der Waals surface area contributed by atoms with Crippen molar-refractivity contribution < 1.29 is 14.3 Å². The number of carbonyl (C=O) groups excluding carboxylic acids is 1. The van der Waals surface area contributed by atoms with Crippen LogP contribution in [0.5, 0.6) is 5.75 Å². The van der Waals surface area contributed by atoms with E-state index in [-0.39, 0.29) is 11.9 Å². The summed E-state index contributed by atoms with van der Waals surface area (Å²) >= 11 is 0. The number of likely N-dealkylation sites (tertiary alicyclic amines) is 1. The highest BCUT2D eigenvalue weighted by molar-refractivity contribution is 5.98. The molecular weight excluding hydrogens is 358 g/mol. The zero-order chi connectivity index (χ0) is 19.1. The molecule has 2 fully saturated rings. The Morgan fingerprint density at radius 2 is 2.14 bits per heavy atom. The summed E-state index contributed by atoms with van der Waals surface area (Å²) in [6.45, 7) is 2.58. The molecule has 1 aliphatic heterocycles. The van der Waals surface area contributed by atoms with E-state index < -0.39 is 0 Å². The highest BCUT2D eigenvalue weighted by atomic mass is 16.5. The fraction of sp³-hybridized carbons (Fsp3) is 0.450. The number of hydrogen-bond donors (Lipinski definition) is 1. The number of nitrogens with one attached hydrogen (secondary N) is 1. The molecule has 1 N–H and O–H groups in total. The van der Waals surface area contributed by atoms with E-state index in [0.29, 0.717) is 25.4 Å². The number of methoxy groups -OCH3 is 1. The molecule has 1 amide bonds. The van der Waals surface area contributed by atoms with Crippen molar-refractivity contribution in [1.82, 2.24) is 24.9 Å². The van der Waals surface area contributed by atoms with Crippen LogP contribution in [0.4, 0.5) is 0 Å².